The largest absolute Gasteiger partial charge is 0.493 e. The number of likely N-dealkylation sites (tertiary alicyclic amines) is 2. The molecule has 7 nitrogen and oxygen atoms in total. The van der Waals surface area contributed by atoms with Gasteiger partial charge in [-0.2, -0.15) is 0 Å². The number of alkyl carbamates (subject to hydrolysis) is 1. The van der Waals surface area contributed by atoms with E-state index in [0.29, 0.717) is 34.8 Å². The molecule has 2 saturated heterocycles. The highest BCUT2D eigenvalue weighted by Gasteiger charge is 2.32. The zero-order valence-electron chi connectivity index (χ0n) is 25.5. The molecule has 10 heteroatoms. The summed E-state index contributed by atoms with van der Waals surface area (Å²) in [5.41, 5.74) is 1.16. The number of amides is 2. The quantitative estimate of drug-likeness (QED) is 0.266. The third-order valence-corrected chi connectivity index (χ3v) is 8.80. The third-order valence-electron chi connectivity index (χ3n) is 7.98. The summed E-state index contributed by atoms with van der Waals surface area (Å²) in [4.78, 5) is 30.8. The average molecular weight is 653 g/mol. The Labute approximate surface area is 271 Å². The van der Waals surface area contributed by atoms with E-state index in [4.69, 9.17) is 44.3 Å². The van der Waals surface area contributed by atoms with Crippen LogP contribution in [0.4, 0.5) is 4.79 Å². The van der Waals surface area contributed by atoms with Gasteiger partial charge in [-0.15, -0.1) is 0 Å². The van der Waals surface area contributed by atoms with Crippen molar-refractivity contribution in [3.05, 3.63) is 62.6 Å². The van der Waals surface area contributed by atoms with Gasteiger partial charge in [0.25, 0.3) is 0 Å². The minimum Gasteiger partial charge on any atom is -0.493 e. The normalized spacial score (nSPS) is 17.4. The fourth-order valence-electron chi connectivity index (χ4n) is 5.81. The predicted molar refractivity (Wildman–Crippen MR) is 174 cm³/mol. The summed E-state index contributed by atoms with van der Waals surface area (Å²) in [6.45, 7) is 10.5. The maximum absolute atomic E-state index is 13.8. The van der Waals surface area contributed by atoms with Crippen molar-refractivity contribution in [3.8, 4) is 5.75 Å². The van der Waals surface area contributed by atoms with Crippen LogP contribution in [0.3, 0.4) is 0 Å². The highest BCUT2D eigenvalue weighted by molar-refractivity contribution is 6.35. The molecule has 2 heterocycles. The van der Waals surface area contributed by atoms with Crippen molar-refractivity contribution in [3.63, 3.8) is 0 Å². The lowest BCUT2D eigenvalue weighted by atomic mass is 9.88. The molecule has 0 aliphatic carbocycles. The minimum atomic E-state index is -0.834. The van der Waals surface area contributed by atoms with Crippen LogP contribution < -0.4 is 10.1 Å². The summed E-state index contributed by atoms with van der Waals surface area (Å²) in [6, 6.07) is 10.2. The predicted octanol–water partition coefficient (Wildman–Crippen LogP) is 7.74. The summed E-state index contributed by atoms with van der Waals surface area (Å²) in [7, 11) is 0. The molecule has 236 valence electrons. The van der Waals surface area contributed by atoms with Gasteiger partial charge in [0, 0.05) is 41.1 Å². The molecule has 0 saturated carbocycles. The number of nitrogens with one attached hydrogen (secondary N) is 1. The molecule has 2 aliphatic heterocycles. The lowest BCUT2D eigenvalue weighted by molar-refractivity contribution is -0.134. The van der Waals surface area contributed by atoms with Gasteiger partial charge in [-0.25, -0.2) is 4.79 Å². The van der Waals surface area contributed by atoms with E-state index in [9.17, 15) is 9.59 Å². The number of halogens is 3. The molecular weight excluding hydrogens is 609 g/mol. The van der Waals surface area contributed by atoms with Crippen LogP contribution in [-0.2, 0) is 16.0 Å². The number of nitrogens with zero attached hydrogens (tertiary/aromatic N) is 2. The maximum Gasteiger partial charge on any atom is 0.408 e. The Morgan fingerprint density at radius 2 is 1.63 bits per heavy atom. The molecular formula is C33H44Cl3N3O4. The van der Waals surface area contributed by atoms with E-state index in [-0.39, 0.29) is 18.2 Å². The van der Waals surface area contributed by atoms with E-state index in [1.54, 1.807) is 39.0 Å². The van der Waals surface area contributed by atoms with Crippen molar-refractivity contribution in [2.24, 2.45) is 0 Å². The molecule has 1 N–H and O–H groups in total. The van der Waals surface area contributed by atoms with E-state index >= 15 is 0 Å². The Bertz CT molecular complexity index is 1240. The number of ether oxygens (including phenoxy) is 2. The number of rotatable bonds is 10. The summed E-state index contributed by atoms with van der Waals surface area (Å²) in [5, 5.41) is 4.39. The Kier molecular flexibility index (Phi) is 12.3. The molecule has 0 radical (unpaired) electrons. The van der Waals surface area contributed by atoms with E-state index in [0.717, 1.165) is 42.7 Å². The zero-order chi connectivity index (χ0) is 31.0. The molecule has 0 spiro atoms. The number of piperidine rings is 2. The molecule has 2 amide bonds. The Morgan fingerprint density at radius 1 is 0.953 bits per heavy atom. The first-order chi connectivity index (χ1) is 20.5. The molecule has 0 aromatic heterocycles. The van der Waals surface area contributed by atoms with Gasteiger partial charge in [0.15, 0.2) is 0 Å². The van der Waals surface area contributed by atoms with Crippen molar-refractivity contribution in [2.75, 3.05) is 39.3 Å². The molecule has 4 rings (SSSR count). The summed E-state index contributed by atoms with van der Waals surface area (Å²) < 4.78 is 11.7. The van der Waals surface area contributed by atoms with E-state index in [2.05, 4.69) is 16.3 Å². The van der Waals surface area contributed by atoms with Crippen LogP contribution >= 0.6 is 34.8 Å². The molecule has 1 atom stereocenters. The van der Waals surface area contributed by atoms with Crippen molar-refractivity contribution >= 4 is 46.8 Å². The molecule has 0 bridgehead atoms. The fraction of sp³-hybridized carbons (Fsp3) is 0.576. The summed E-state index contributed by atoms with van der Waals surface area (Å²) in [6.07, 6.45) is 6.01. The van der Waals surface area contributed by atoms with Gasteiger partial charge in [-0.05, 0) is 107 Å². The SMILES string of the molecule is CC(C)(C)OC(=O)N[C@H](Cc1ccc(Cl)cc1Cl)C(=O)N1CCC(c2ccc(Cl)cc2OCCCN2CCCCC2)CC1. The van der Waals surface area contributed by atoms with Crippen LogP contribution in [-0.4, -0.2) is 72.8 Å². The van der Waals surface area contributed by atoms with Gasteiger partial charge in [0.05, 0.1) is 6.61 Å². The van der Waals surface area contributed by atoms with Crippen molar-refractivity contribution in [1.82, 2.24) is 15.1 Å². The van der Waals surface area contributed by atoms with Crippen LogP contribution in [0.2, 0.25) is 15.1 Å². The summed E-state index contributed by atoms with van der Waals surface area (Å²) in [5.74, 6) is 0.903. The smallest absolute Gasteiger partial charge is 0.408 e. The maximum atomic E-state index is 13.8. The lowest BCUT2D eigenvalue weighted by Gasteiger charge is -2.35. The lowest BCUT2D eigenvalue weighted by Crippen LogP contribution is -2.52. The van der Waals surface area contributed by atoms with Gasteiger partial charge >= 0.3 is 6.09 Å². The second-order valence-corrected chi connectivity index (χ2v) is 13.8. The van der Waals surface area contributed by atoms with Gasteiger partial charge in [-0.1, -0.05) is 53.4 Å². The van der Waals surface area contributed by atoms with Crippen LogP contribution in [0.15, 0.2) is 36.4 Å². The summed E-state index contributed by atoms with van der Waals surface area (Å²) >= 11 is 18.9. The molecule has 2 fully saturated rings. The number of hydrogen-bond donors (Lipinski definition) is 1. The third kappa shape index (κ3) is 10.4. The number of hydrogen-bond acceptors (Lipinski definition) is 5. The first kappa shape index (κ1) is 33.7. The second kappa shape index (κ2) is 15.7. The van der Waals surface area contributed by atoms with Gasteiger partial charge in [0.1, 0.15) is 17.4 Å². The van der Waals surface area contributed by atoms with Crippen LogP contribution in [0.25, 0.3) is 0 Å². The van der Waals surface area contributed by atoms with Crippen LogP contribution in [0, 0.1) is 0 Å². The standard InChI is InChI=1S/C33H44Cl3N3O4/c1-33(2,3)43-32(41)37-29(20-24-8-9-25(34)21-28(24)36)31(40)39-17-12-23(13-18-39)27-11-10-26(35)22-30(27)42-19-7-16-38-14-5-4-6-15-38/h8-11,21-23,29H,4-7,12-20H2,1-3H3,(H,37,41)/t29-/m1/s1. The molecule has 43 heavy (non-hydrogen) atoms. The highest BCUT2D eigenvalue weighted by Crippen LogP contribution is 2.36. The van der Waals surface area contributed by atoms with Crippen LogP contribution in [0.5, 0.6) is 5.75 Å². The second-order valence-electron chi connectivity index (χ2n) is 12.5. The average Bonchev–Trinajstić information content (AvgIpc) is 2.96. The van der Waals surface area contributed by atoms with E-state index in [1.807, 2.05) is 17.0 Å². The van der Waals surface area contributed by atoms with Gasteiger partial charge in [-0.3, -0.25) is 4.79 Å². The fourth-order valence-corrected chi connectivity index (χ4v) is 6.46. The molecule has 2 aromatic carbocycles. The monoisotopic (exact) mass is 651 g/mol. The first-order valence-corrected chi connectivity index (χ1v) is 16.5. The number of carbonyl (C=O) groups excluding carboxylic acids is 2. The molecule has 0 unspecified atom stereocenters. The van der Waals surface area contributed by atoms with E-state index in [1.165, 1.54) is 32.4 Å². The zero-order valence-corrected chi connectivity index (χ0v) is 27.7. The number of benzene rings is 2. The first-order valence-electron chi connectivity index (χ1n) is 15.4. The molecule has 2 aromatic rings. The van der Waals surface area contributed by atoms with Gasteiger partial charge in [0.2, 0.25) is 5.91 Å². The van der Waals surface area contributed by atoms with Crippen molar-refractivity contribution < 1.29 is 19.1 Å². The van der Waals surface area contributed by atoms with Crippen molar-refractivity contribution in [1.29, 1.82) is 0 Å². The van der Waals surface area contributed by atoms with Crippen LogP contribution in [0.1, 0.15) is 76.3 Å². The highest BCUT2D eigenvalue weighted by atomic mass is 35.5. The van der Waals surface area contributed by atoms with Gasteiger partial charge < -0.3 is 24.6 Å². The Morgan fingerprint density at radius 3 is 2.30 bits per heavy atom. The minimum absolute atomic E-state index is 0.166. The number of carbonyl (C=O) groups is 2. The topological polar surface area (TPSA) is 71.1 Å². The molecule has 2 aliphatic rings. The van der Waals surface area contributed by atoms with E-state index < -0.39 is 17.7 Å². The van der Waals surface area contributed by atoms with Crippen molar-refractivity contribution in [2.45, 2.75) is 83.3 Å². The Hall–Kier alpha value is -2.19. The Balaban J connectivity index is 1.38.